The van der Waals surface area contributed by atoms with Crippen molar-refractivity contribution in [1.82, 2.24) is 9.88 Å². The van der Waals surface area contributed by atoms with Crippen molar-refractivity contribution >= 4 is 17.5 Å². The summed E-state index contributed by atoms with van der Waals surface area (Å²) in [6, 6.07) is -0.210. The summed E-state index contributed by atoms with van der Waals surface area (Å²) >= 11 is 6.17. The van der Waals surface area contributed by atoms with Gasteiger partial charge in [-0.1, -0.05) is 11.6 Å². The Morgan fingerprint density at radius 1 is 1.27 bits per heavy atom. The molecule has 4 aliphatic rings. The first-order valence-corrected chi connectivity index (χ1v) is 9.30. The number of likely N-dealkylation sites (tertiary alicyclic amines) is 1. The molecule has 0 N–H and O–H groups in total. The highest BCUT2D eigenvalue weighted by molar-refractivity contribution is 6.32. The lowest BCUT2D eigenvalue weighted by Gasteiger charge is -2.34. The maximum atomic E-state index is 13.5. The molecule has 2 aliphatic heterocycles. The van der Waals surface area contributed by atoms with Gasteiger partial charge in [0.2, 0.25) is 5.91 Å². The third-order valence-electron chi connectivity index (χ3n) is 6.94. The Balaban J connectivity index is 1.46. The molecule has 4 bridgehead atoms. The van der Waals surface area contributed by atoms with Crippen molar-refractivity contribution in [2.24, 2.45) is 10.8 Å². The van der Waals surface area contributed by atoms with E-state index in [9.17, 15) is 18.0 Å². The van der Waals surface area contributed by atoms with Crippen LogP contribution in [0.25, 0.3) is 0 Å². The van der Waals surface area contributed by atoms with Crippen molar-refractivity contribution in [3.05, 3.63) is 23.0 Å². The maximum Gasteiger partial charge on any atom is 0.394 e. The first-order chi connectivity index (χ1) is 12.2. The highest BCUT2D eigenvalue weighted by Crippen LogP contribution is 2.68. The summed E-state index contributed by atoms with van der Waals surface area (Å²) in [5.74, 6) is 0.406. The minimum Gasteiger partial charge on any atom is -0.486 e. The lowest BCUT2D eigenvalue weighted by molar-refractivity contribution is -0.220. The molecular weight excluding hydrogens is 369 g/mol. The van der Waals surface area contributed by atoms with Crippen LogP contribution in [0.2, 0.25) is 5.02 Å². The Hall–Kier alpha value is -1.50. The molecule has 4 nitrogen and oxygen atoms in total. The number of fused-ring (bicyclic) bond motifs is 6. The summed E-state index contributed by atoms with van der Waals surface area (Å²) in [6.07, 6.45) is 0.0778. The standard InChI is InChI=1S/C18H18ClF3N2O2/c19-12-7-23-6-11-13-5-10(26-14(11)12)8-24(13)15(25)16-1-3-17(9-16,4-2-16)18(20,21)22/h6-7,10,13H,1-5,8-9H2/t10-,13-,16?,17?/m0/s1. The molecule has 5 rings (SSSR count). The second-order valence-electron chi connectivity index (χ2n) is 8.22. The Bertz CT molecular complexity index is 789. The van der Waals surface area contributed by atoms with Crippen LogP contribution in [0.1, 0.15) is 50.1 Å². The molecule has 0 radical (unpaired) electrons. The van der Waals surface area contributed by atoms with E-state index in [1.54, 1.807) is 11.1 Å². The topological polar surface area (TPSA) is 42.4 Å². The molecule has 2 atom stereocenters. The van der Waals surface area contributed by atoms with Gasteiger partial charge < -0.3 is 9.64 Å². The zero-order valence-corrected chi connectivity index (χ0v) is 14.7. The number of carbonyl (C=O) groups excluding carboxylic acids is 1. The molecule has 1 amide bonds. The van der Waals surface area contributed by atoms with Crippen molar-refractivity contribution in [2.45, 2.75) is 56.8 Å². The monoisotopic (exact) mass is 386 g/mol. The van der Waals surface area contributed by atoms with E-state index in [4.69, 9.17) is 16.3 Å². The molecule has 1 saturated heterocycles. The zero-order chi connectivity index (χ0) is 18.3. The molecule has 2 saturated carbocycles. The number of amides is 1. The summed E-state index contributed by atoms with van der Waals surface area (Å²) in [4.78, 5) is 19.2. The number of carbonyl (C=O) groups is 1. The fraction of sp³-hybridized carbons (Fsp3) is 0.667. The molecule has 140 valence electrons. The van der Waals surface area contributed by atoms with E-state index in [0.29, 0.717) is 36.6 Å². The molecule has 0 spiro atoms. The predicted octanol–water partition coefficient (Wildman–Crippen LogP) is 4.28. The Labute approximate surface area is 153 Å². The third kappa shape index (κ3) is 2.03. The van der Waals surface area contributed by atoms with Crippen LogP contribution in [0, 0.1) is 10.8 Å². The van der Waals surface area contributed by atoms with E-state index in [2.05, 4.69) is 4.98 Å². The van der Waals surface area contributed by atoms with Gasteiger partial charge in [-0.3, -0.25) is 9.78 Å². The Morgan fingerprint density at radius 3 is 2.65 bits per heavy atom. The van der Waals surface area contributed by atoms with Gasteiger partial charge in [-0.05, 0) is 32.1 Å². The Kier molecular flexibility index (Phi) is 3.24. The van der Waals surface area contributed by atoms with E-state index < -0.39 is 17.0 Å². The van der Waals surface area contributed by atoms with Crippen LogP contribution < -0.4 is 4.74 Å². The third-order valence-corrected chi connectivity index (χ3v) is 7.21. The minimum absolute atomic E-state index is 0.0602. The number of halogens is 4. The number of hydrogen-bond acceptors (Lipinski definition) is 3. The van der Waals surface area contributed by atoms with Gasteiger partial charge in [0, 0.05) is 24.4 Å². The minimum atomic E-state index is -4.24. The van der Waals surface area contributed by atoms with Crippen LogP contribution in [0.3, 0.4) is 0 Å². The smallest absolute Gasteiger partial charge is 0.394 e. The summed E-state index contributed by atoms with van der Waals surface area (Å²) in [5.41, 5.74) is -1.79. The molecule has 0 unspecified atom stereocenters. The van der Waals surface area contributed by atoms with Crippen LogP contribution in [0.5, 0.6) is 5.75 Å². The van der Waals surface area contributed by atoms with E-state index in [1.165, 1.54) is 6.20 Å². The van der Waals surface area contributed by atoms with Crippen LogP contribution in [0.15, 0.2) is 12.4 Å². The van der Waals surface area contributed by atoms with E-state index in [0.717, 1.165) is 5.56 Å². The summed E-state index contributed by atoms with van der Waals surface area (Å²) < 4.78 is 46.5. The van der Waals surface area contributed by atoms with E-state index in [-0.39, 0.29) is 37.3 Å². The number of nitrogens with zero attached hydrogens (tertiary/aromatic N) is 2. The molecule has 8 heteroatoms. The van der Waals surface area contributed by atoms with E-state index in [1.807, 2.05) is 0 Å². The first-order valence-electron chi connectivity index (χ1n) is 8.93. The average Bonchev–Trinajstić information content (AvgIpc) is 3.27. The van der Waals surface area contributed by atoms with E-state index >= 15 is 0 Å². The van der Waals surface area contributed by atoms with Gasteiger partial charge in [0.1, 0.15) is 16.9 Å². The SMILES string of the molecule is O=C(N1C[C@@H]2C[C@H]1c1cncc(Cl)c1O2)C12CCC(C(F)(F)F)(CC1)C2. The summed E-state index contributed by atoms with van der Waals surface area (Å²) in [6.45, 7) is 0.398. The lowest BCUT2D eigenvalue weighted by Crippen LogP contribution is -2.41. The molecular formula is C18H18ClF3N2O2. The van der Waals surface area contributed by atoms with Crippen molar-refractivity contribution < 1.29 is 22.7 Å². The molecule has 1 aromatic rings. The van der Waals surface area contributed by atoms with Crippen LogP contribution in [-0.2, 0) is 4.79 Å². The number of alkyl halides is 3. The maximum absolute atomic E-state index is 13.5. The van der Waals surface area contributed by atoms with Crippen molar-refractivity contribution in [3.63, 3.8) is 0 Å². The second kappa shape index (κ2) is 5.06. The highest BCUT2D eigenvalue weighted by Gasteiger charge is 2.69. The lowest BCUT2D eigenvalue weighted by atomic mass is 9.81. The number of hydrogen-bond donors (Lipinski definition) is 0. The van der Waals surface area contributed by atoms with Crippen molar-refractivity contribution in [3.8, 4) is 5.75 Å². The predicted molar refractivity (Wildman–Crippen MR) is 86.7 cm³/mol. The molecule has 1 aromatic heterocycles. The largest absolute Gasteiger partial charge is 0.486 e. The zero-order valence-electron chi connectivity index (χ0n) is 14.0. The fourth-order valence-corrected chi connectivity index (χ4v) is 5.76. The van der Waals surface area contributed by atoms with Gasteiger partial charge in [-0.15, -0.1) is 0 Å². The van der Waals surface area contributed by atoms with Crippen LogP contribution in [-0.4, -0.2) is 34.6 Å². The molecule has 3 heterocycles. The van der Waals surface area contributed by atoms with Gasteiger partial charge in [-0.2, -0.15) is 13.2 Å². The highest BCUT2D eigenvalue weighted by atomic mass is 35.5. The molecule has 26 heavy (non-hydrogen) atoms. The van der Waals surface area contributed by atoms with Gasteiger partial charge >= 0.3 is 6.18 Å². The number of rotatable bonds is 1. The number of pyridine rings is 1. The second-order valence-corrected chi connectivity index (χ2v) is 8.63. The molecule has 0 aromatic carbocycles. The number of aromatic nitrogens is 1. The van der Waals surface area contributed by atoms with Crippen molar-refractivity contribution in [2.75, 3.05) is 6.54 Å². The Morgan fingerprint density at radius 2 is 2.00 bits per heavy atom. The molecule has 2 aliphatic carbocycles. The van der Waals surface area contributed by atoms with Crippen molar-refractivity contribution in [1.29, 1.82) is 0 Å². The van der Waals surface area contributed by atoms with Gasteiger partial charge in [0.25, 0.3) is 0 Å². The van der Waals surface area contributed by atoms with Crippen LogP contribution in [0.4, 0.5) is 13.2 Å². The quantitative estimate of drug-likeness (QED) is 0.723. The molecule has 3 fully saturated rings. The fourth-order valence-electron chi connectivity index (χ4n) is 5.55. The van der Waals surface area contributed by atoms with Gasteiger partial charge in [-0.25, -0.2) is 0 Å². The summed E-state index contributed by atoms with van der Waals surface area (Å²) in [7, 11) is 0. The normalized spacial score (nSPS) is 37.6. The number of ether oxygens (including phenoxy) is 1. The first kappa shape index (κ1) is 16.7. The summed E-state index contributed by atoms with van der Waals surface area (Å²) in [5, 5.41) is 0.405. The van der Waals surface area contributed by atoms with Gasteiger partial charge in [0.05, 0.1) is 23.4 Å². The van der Waals surface area contributed by atoms with Crippen LogP contribution >= 0.6 is 11.6 Å². The van der Waals surface area contributed by atoms with Gasteiger partial charge in [0.15, 0.2) is 0 Å². The average molecular weight is 387 g/mol.